The maximum Gasteiger partial charge on any atom is 2.00 e. The number of benzene rings is 2. The average molecular weight is 748 g/mol. The molecule has 2 aromatic carbocycles. The Labute approximate surface area is 328 Å². The maximum atomic E-state index is 5.72. The minimum absolute atomic E-state index is 0. The van der Waals surface area contributed by atoms with Crippen LogP contribution in [0.25, 0.3) is 22.5 Å². The van der Waals surface area contributed by atoms with Crippen LogP contribution in [0.3, 0.4) is 0 Å². The number of hydrogen-bond donors (Lipinski definition) is 0. The number of nitrogens with zero attached hydrogens (tertiary/aromatic N) is 4. The largest absolute Gasteiger partial charge is 2.00 e. The molecule has 2 aromatic heterocycles. The van der Waals surface area contributed by atoms with E-state index in [0.717, 1.165) is 119 Å². The second-order valence-electron chi connectivity index (χ2n) is 13.8. The van der Waals surface area contributed by atoms with Crippen LogP contribution in [0.4, 0.5) is 0 Å². The molecular weight excluding hydrogens is 691 g/mol. The Balaban J connectivity index is 0.00000541. The third-order valence-corrected chi connectivity index (χ3v) is 11.2. The monoisotopic (exact) mass is 746 g/mol. The van der Waals surface area contributed by atoms with Gasteiger partial charge < -0.3 is 9.97 Å². The van der Waals surface area contributed by atoms with E-state index in [4.69, 9.17) is 20.0 Å². The molecule has 2 aliphatic heterocycles. The Morgan fingerprint density at radius 2 is 0.755 bits per heavy atom. The molecule has 0 fully saturated rings. The van der Waals surface area contributed by atoms with Gasteiger partial charge in [-0.05, 0) is 110 Å². The van der Waals surface area contributed by atoms with Gasteiger partial charge >= 0.3 is 16.5 Å². The number of aliphatic imine (C=N–C) groups is 2. The van der Waals surface area contributed by atoms with Crippen molar-refractivity contribution in [2.45, 2.75) is 121 Å². The number of rotatable bonds is 13. The molecular formula is C48H56N4Ni. The van der Waals surface area contributed by atoms with Gasteiger partial charge in [0, 0.05) is 11.4 Å². The predicted octanol–water partition coefficient (Wildman–Crippen LogP) is 12.2. The Bertz CT molecular complexity index is 2000. The average Bonchev–Trinajstić information content (AvgIpc) is 3.91. The van der Waals surface area contributed by atoms with Crippen molar-refractivity contribution in [3.8, 4) is 11.4 Å². The molecule has 4 heterocycles. The zero-order chi connectivity index (χ0) is 37.1. The first-order valence-electron chi connectivity index (χ1n) is 19.8. The van der Waals surface area contributed by atoms with Crippen molar-refractivity contribution in [3.05, 3.63) is 139 Å². The van der Waals surface area contributed by atoms with Gasteiger partial charge in [-0.1, -0.05) is 138 Å². The van der Waals surface area contributed by atoms with Gasteiger partial charge in [-0.3, -0.25) is 9.98 Å². The Kier molecular flexibility index (Phi) is 13.0. The van der Waals surface area contributed by atoms with Crippen molar-refractivity contribution < 1.29 is 16.5 Å². The summed E-state index contributed by atoms with van der Waals surface area (Å²) >= 11 is 0. The van der Waals surface area contributed by atoms with Gasteiger partial charge in [-0.25, -0.2) is 0 Å². The molecule has 4 aromatic rings. The van der Waals surface area contributed by atoms with Gasteiger partial charge in [0.2, 0.25) is 0 Å². The number of aromatic nitrogens is 2. The van der Waals surface area contributed by atoms with Crippen molar-refractivity contribution in [2.24, 2.45) is 9.98 Å². The van der Waals surface area contributed by atoms with Crippen molar-refractivity contribution >= 4 is 22.6 Å². The van der Waals surface area contributed by atoms with E-state index in [-0.39, 0.29) is 16.5 Å². The van der Waals surface area contributed by atoms with E-state index in [0.29, 0.717) is 0 Å². The molecule has 0 bridgehead atoms. The van der Waals surface area contributed by atoms with Crippen molar-refractivity contribution in [2.75, 3.05) is 0 Å². The topological polar surface area (TPSA) is 52.9 Å². The summed E-state index contributed by atoms with van der Waals surface area (Å²) in [5, 5.41) is 0. The number of hydrogen-bond acceptors (Lipinski definition) is 2. The Hall–Kier alpha value is -4.21. The van der Waals surface area contributed by atoms with Crippen LogP contribution >= 0.6 is 0 Å². The van der Waals surface area contributed by atoms with Crippen LogP contribution in [-0.2, 0) is 42.2 Å². The first kappa shape index (κ1) is 40.0. The van der Waals surface area contributed by atoms with E-state index in [2.05, 4.69) is 130 Å². The molecule has 5 heteroatoms. The zero-order valence-electron chi connectivity index (χ0n) is 33.5. The second kappa shape index (κ2) is 17.3. The van der Waals surface area contributed by atoms with Crippen molar-refractivity contribution in [3.63, 3.8) is 0 Å². The summed E-state index contributed by atoms with van der Waals surface area (Å²) in [5.74, 6) is 0. The van der Waals surface area contributed by atoms with Crippen LogP contribution < -0.4 is 9.97 Å². The number of allylic oxidation sites excluding steroid dienone is 4. The summed E-state index contributed by atoms with van der Waals surface area (Å²) in [7, 11) is 0. The van der Waals surface area contributed by atoms with Crippen LogP contribution in [0.2, 0.25) is 0 Å². The van der Waals surface area contributed by atoms with Gasteiger partial charge in [0.05, 0.1) is 11.4 Å². The maximum absolute atomic E-state index is 5.72. The summed E-state index contributed by atoms with van der Waals surface area (Å²) in [6.45, 7) is 22.4. The summed E-state index contributed by atoms with van der Waals surface area (Å²) in [5.41, 5.74) is 23.9. The quantitative estimate of drug-likeness (QED) is 0.128. The van der Waals surface area contributed by atoms with Gasteiger partial charge in [0.1, 0.15) is 0 Å². The molecule has 0 N–H and O–H groups in total. The van der Waals surface area contributed by atoms with E-state index < -0.39 is 0 Å². The fraction of sp³-hybridized carbons (Fsp3) is 0.375. The first-order chi connectivity index (χ1) is 25.3. The normalized spacial score (nSPS) is 16.3. The third kappa shape index (κ3) is 6.98. The van der Waals surface area contributed by atoms with Crippen LogP contribution in [0.1, 0.15) is 140 Å². The first-order valence-corrected chi connectivity index (χ1v) is 19.8. The Morgan fingerprint density at radius 3 is 1.04 bits per heavy atom. The van der Waals surface area contributed by atoms with E-state index >= 15 is 0 Å². The van der Waals surface area contributed by atoms with E-state index in [1.807, 2.05) is 0 Å². The molecule has 2 aliphatic rings. The molecule has 0 unspecified atom stereocenters. The van der Waals surface area contributed by atoms with E-state index in [1.54, 1.807) is 0 Å². The van der Waals surface area contributed by atoms with Gasteiger partial charge in [-0.2, -0.15) is 0 Å². The predicted molar refractivity (Wildman–Crippen MR) is 222 cm³/mol. The van der Waals surface area contributed by atoms with Crippen molar-refractivity contribution in [1.82, 2.24) is 9.97 Å². The molecule has 278 valence electrons. The summed E-state index contributed by atoms with van der Waals surface area (Å²) in [6, 6.07) is 21.6. The molecule has 53 heavy (non-hydrogen) atoms. The molecule has 0 spiro atoms. The van der Waals surface area contributed by atoms with Gasteiger partial charge in [-0.15, -0.1) is 22.8 Å². The van der Waals surface area contributed by atoms with Crippen LogP contribution in [0.15, 0.2) is 104 Å². The van der Waals surface area contributed by atoms with Crippen LogP contribution in [-0.4, -0.2) is 11.4 Å². The van der Waals surface area contributed by atoms with Crippen LogP contribution in [0, 0.1) is 0 Å². The van der Waals surface area contributed by atoms with Gasteiger partial charge in [0.15, 0.2) is 0 Å². The fourth-order valence-electron chi connectivity index (χ4n) is 8.82. The molecule has 6 rings (SSSR count). The standard InChI is InChI=1S/C48H56N4.Ni/c1-11-33-29(9)49-43(35(33)13-3)41(31-25-21-19-22-26-31)45-37(15-5)39(17-7)47(51-45)48-40(18-8)38(16-6)46(52-48)42(32-27-23-20-24-28-32)44-36(14-4)34(12-2)30(10)50-44;/h19-28H,11-18H2,1-10H3;/q-2;+2. The summed E-state index contributed by atoms with van der Waals surface area (Å²) < 4.78 is 0. The smallest absolute Gasteiger partial charge is 0.658 e. The van der Waals surface area contributed by atoms with Gasteiger partial charge in [0.25, 0.3) is 0 Å². The van der Waals surface area contributed by atoms with Crippen molar-refractivity contribution in [1.29, 1.82) is 0 Å². The minimum atomic E-state index is 0. The molecule has 0 radical (unpaired) electrons. The zero-order valence-corrected chi connectivity index (χ0v) is 34.5. The Morgan fingerprint density at radius 1 is 0.434 bits per heavy atom. The third-order valence-electron chi connectivity index (χ3n) is 11.2. The molecule has 0 amide bonds. The second-order valence-corrected chi connectivity index (χ2v) is 13.8. The minimum Gasteiger partial charge on any atom is -0.658 e. The van der Waals surface area contributed by atoms with E-state index in [9.17, 15) is 0 Å². The molecule has 0 saturated carbocycles. The van der Waals surface area contributed by atoms with Crippen LogP contribution in [0.5, 0.6) is 0 Å². The molecule has 4 nitrogen and oxygen atoms in total. The molecule has 0 atom stereocenters. The molecule has 0 saturated heterocycles. The fourth-order valence-corrected chi connectivity index (χ4v) is 8.82. The SMILES string of the molecule is CCC1=C(CC)C(=C(c2ccccc2)c2[n-]c(-c3[n-]c(C(=C4N=C(C)C(CC)=C4CC)c4ccccc4)c(CC)c3CC)c(CC)c2CC)N=C1C.[Ni+2]. The van der Waals surface area contributed by atoms with E-state index in [1.165, 1.54) is 44.5 Å². The summed E-state index contributed by atoms with van der Waals surface area (Å²) in [4.78, 5) is 22.0. The summed E-state index contributed by atoms with van der Waals surface area (Å²) in [6.07, 6.45) is 7.36. The molecule has 0 aliphatic carbocycles.